The minimum Gasteiger partial charge on any atom is -0.336 e. The number of hydrogen-bond acceptors (Lipinski definition) is 4. The molecule has 104 valence electrons. The molecular formula is C13H14N4O2S. The Hall–Kier alpha value is -2.17. The zero-order valence-corrected chi connectivity index (χ0v) is 11.7. The van der Waals surface area contributed by atoms with Gasteiger partial charge in [-0.3, -0.25) is 0 Å². The van der Waals surface area contributed by atoms with Gasteiger partial charge in [0.15, 0.2) is 5.03 Å². The Kier molecular flexibility index (Phi) is 4.17. The minimum absolute atomic E-state index is 0.0875. The lowest BCUT2D eigenvalue weighted by Gasteiger charge is -2.10. The number of sulfonamides is 1. The summed E-state index contributed by atoms with van der Waals surface area (Å²) in [5.41, 5.74) is 0.591. The molecule has 2 rings (SSSR count). The van der Waals surface area contributed by atoms with Gasteiger partial charge in [0.05, 0.1) is 12.4 Å². The van der Waals surface area contributed by atoms with Crippen molar-refractivity contribution in [2.75, 3.05) is 0 Å². The van der Waals surface area contributed by atoms with Crippen LogP contribution in [0.1, 0.15) is 18.5 Å². The van der Waals surface area contributed by atoms with Gasteiger partial charge in [0.2, 0.25) is 0 Å². The van der Waals surface area contributed by atoms with Crippen molar-refractivity contribution < 1.29 is 8.42 Å². The molecule has 2 aromatic rings. The number of nitrogens with one attached hydrogen (secondary N) is 1. The number of nitriles is 1. The standard InChI is InChI=1S/C13H14N4O2S/c1-2-17-9-13(15-10-17)20(18,19)16-12(8-14)11-6-4-3-5-7-11/h3-7,9-10,12,16H,2H2,1H3. The van der Waals surface area contributed by atoms with Crippen LogP contribution in [0.4, 0.5) is 0 Å². The molecule has 20 heavy (non-hydrogen) atoms. The average molecular weight is 290 g/mol. The first-order valence-electron chi connectivity index (χ1n) is 6.05. The van der Waals surface area contributed by atoms with Gasteiger partial charge >= 0.3 is 0 Å². The maximum atomic E-state index is 12.2. The lowest BCUT2D eigenvalue weighted by molar-refractivity contribution is 0.572. The molecule has 1 aromatic carbocycles. The molecule has 1 N–H and O–H groups in total. The van der Waals surface area contributed by atoms with E-state index in [1.54, 1.807) is 34.9 Å². The number of rotatable bonds is 5. The zero-order valence-electron chi connectivity index (χ0n) is 10.9. The second kappa shape index (κ2) is 5.86. The predicted octanol–water partition coefficient (Wildman–Crippen LogP) is 1.45. The van der Waals surface area contributed by atoms with Crippen LogP contribution in [0.2, 0.25) is 0 Å². The van der Waals surface area contributed by atoms with Crippen molar-refractivity contribution in [2.45, 2.75) is 24.5 Å². The molecule has 0 aliphatic heterocycles. The van der Waals surface area contributed by atoms with E-state index in [4.69, 9.17) is 5.26 Å². The average Bonchev–Trinajstić information content (AvgIpc) is 2.95. The number of benzene rings is 1. The molecule has 0 bridgehead atoms. The molecule has 0 aliphatic rings. The van der Waals surface area contributed by atoms with Gasteiger partial charge in [-0.05, 0) is 12.5 Å². The van der Waals surface area contributed by atoms with E-state index >= 15 is 0 Å². The van der Waals surface area contributed by atoms with Crippen LogP contribution in [0.5, 0.6) is 0 Å². The molecule has 6 nitrogen and oxygen atoms in total. The number of imidazole rings is 1. The normalized spacial score (nSPS) is 12.8. The lowest BCUT2D eigenvalue weighted by atomic mass is 10.1. The van der Waals surface area contributed by atoms with Crippen molar-refractivity contribution in [1.29, 1.82) is 5.26 Å². The Balaban J connectivity index is 2.25. The highest BCUT2D eigenvalue weighted by atomic mass is 32.2. The van der Waals surface area contributed by atoms with Crippen LogP contribution >= 0.6 is 0 Å². The fourth-order valence-electron chi connectivity index (χ4n) is 1.68. The molecular weight excluding hydrogens is 276 g/mol. The monoisotopic (exact) mass is 290 g/mol. The first kappa shape index (κ1) is 14.2. The van der Waals surface area contributed by atoms with E-state index in [-0.39, 0.29) is 5.03 Å². The summed E-state index contributed by atoms with van der Waals surface area (Å²) in [6, 6.07) is 9.69. The molecule has 1 unspecified atom stereocenters. The number of hydrogen-bond donors (Lipinski definition) is 1. The van der Waals surface area contributed by atoms with Crippen LogP contribution in [-0.2, 0) is 16.6 Å². The third kappa shape index (κ3) is 3.04. The Bertz CT molecular complexity index is 716. The summed E-state index contributed by atoms with van der Waals surface area (Å²) in [6.07, 6.45) is 2.88. The number of nitrogens with zero attached hydrogens (tertiary/aromatic N) is 3. The second-order valence-electron chi connectivity index (χ2n) is 4.14. The van der Waals surface area contributed by atoms with Gasteiger partial charge in [0.1, 0.15) is 6.04 Å². The van der Waals surface area contributed by atoms with E-state index in [2.05, 4.69) is 9.71 Å². The third-order valence-electron chi connectivity index (χ3n) is 2.79. The predicted molar refractivity (Wildman–Crippen MR) is 73.0 cm³/mol. The Morgan fingerprint density at radius 2 is 2.10 bits per heavy atom. The van der Waals surface area contributed by atoms with Gasteiger partial charge in [0.25, 0.3) is 10.0 Å². The molecule has 0 amide bonds. The van der Waals surface area contributed by atoms with Gasteiger partial charge < -0.3 is 4.57 Å². The van der Waals surface area contributed by atoms with Crippen LogP contribution in [-0.4, -0.2) is 18.0 Å². The third-order valence-corrected chi connectivity index (χ3v) is 4.09. The first-order chi connectivity index (χ1) is 9.56. The summed E-state index contributed by atoms with van der Waals surface area (Å²) < 4.78 is 28.3. The van der Waals surface area contributed by atoms with Crippen molar-refractivity contribution in [3.05, 3.63) is 48.4 Å². The van der Waals surface area contributed by atoms with E-state index in [1.807, 2.05) is 13.0 Å². The van der Waals surface area contributed by atoms with Crippen molar-refractivity contribution in [2.24, 2.45) is 0 Å². The van der Waals surface area contributed by atoms with Crippen molar-refractivity contribution in [1.82, 2.24) is 14.3 Å². The fourth-order valence-corrected chi connectivity index (χ4v) is 2.76. The van der Waals surface area contributed by atoms with Gasteiger partial charge in [-0.25, -0.2) is 13.4 Å². The van der Waals surface area contributed by atoms with Crippen molar-refractivity contribution in [3.8, 4) is 6.07 Å². The topological polar surface area (TPSA) is 87.8 Å². The van der Waals surface area contributed by atoms with E-state index < -0.39 is 16.1 Å². The number of aryl methyl sites for hydroxylation is 1. The molecule has 0 radical (unpaired) electrons. The quantitative estimate of drug-likeness (QED) is 0.902. The molecule has 0 fully saturated rings. The highest BCUT2D eigenvalue weighted by Gasteiger charge is 2.23. The highest BCUT2D eigenvalue weighted by Crippen LogP contribution is 2.15. The fraction of sp³-hybridized carbons (Fsp3) is 0.231. The Morgan fingerprint density at radius 1 is 1.40 bits per heavy atom. The maximum absolute atomic E-state index is 12.2. The summed E-state index contributed by atoms with van der Waals surface area (Å²) in [5, 5.41) is 9.05. The molecule has 1 atom stereocenters. The summed E-state index contributed by atoms with van der Waals surface area (Å²) in [7, 11) is -3.81. The van der Waals surface area contributed by atoms with Crippen LogP contribution in [0, 0.1) is 11.3 Å². The molecule has 0 saturated carbocycles. The van der Waals surface area contributed by atoms with Gasteiger partial charge in [0, 0.05) is 12.7 Å². The maximum Gasteiger partial charge on any atom is 0.261 e. The van der Waals surface area contributed by atoms with Crippen LogP contribution < -0.4 is 4.72 Å². The van der Waals surface area contributed by atoms with Crippen LogP contribution in [0.15, 0.2) is 47.9 Å². The molecule has 0 saturated heterocycles. The lowest BCUT2D eigenvalue weighted by Crippen LogP contribution is -2.28. The van der Waals surface area contributed by atoms with Gasteiger partial charge in [-0.1, -0.05) is 30.3 Å². The van der Waals surface area contributed by atoms with E-state index in [0.29, 0.717) is 12.1 Å². The van der Waals surface area contributed by atoms with E-state index in [0.717, 1.165) is 0 Å². The molecule has 0 aliphatic carbocycles. The SMILES string of the molecule is CCn1cnc(S(=O)(=O)NC(C#N)c2ccccc2)c1. The molecule has 0 spiro atoms. The number of aromatic nitrogens is 2. The Morgan fingerprint density at radius 3 is 2.65 bits per heavy atom. The van der Waals surface area contributed by atoms with Crippen molar-refractivity contribution >= 4 is 10.0 Å². The second-order valence-corrected chi connectivity index (χ2v) is 5.80. The van der Waals surface area contributed by atoms with Gasteiger partial charge in [-0.2, -0.15) is 9.98 Å². The van der Waals surface area contributed by atoms with E-state index in [1.165, 1.54) is 12.5 Å². The van der Waals surface area contributed by atoms with E-state index in [9.17, 15) is 8.42 Å². The molecule has 1 heterocycles. The largest absolute Gasteiger partial charge is 0.336 e. The molecule has 1 aromatic heterocycles. The molecule has 7 heteroatoms. The Labute approximate surface area is 117 Å². The minimum atomic E-state index is -3.81. The smallest absolute Gasteiger partial charge is 0.261 e. The highest BCUT2D eigenvalue weighted by molar-refractivity contribution is 7.89. The van der Waals surface area contributed by atoms with Crippen LogP contribution in [0.25, 0.3) is 0 Å². The summed E-state index contributed by atoms with van der Waals surface area (Å²) in [6.45, 7) is 2.51. The van der Waals surface area contributed by atoms with Crippen molar-refractivity contribution in [3.63, 3.8) is 0 Å². The summed E-state index contributed by atoms with van der Waals surface area (Å²) in [5.74, 6) is 0. The summed E-state index contributed by atoms with van der Waals surface area (Å²) >= 11 is 0. The van der Waals surface area contributed by atoms with Gasteiger partial charge in [-0.15, -0.1) is 0 Å². The summed E-state index contributed by atoms with van der Waals surface area (Å²) in [4.78, 5) is 3.84. The van der Waals surface area contributed by atoms with Crippen LogP contribution in [0.3, 0.4) is 0 Å². The zero-order chi connectivity index (χ0) is 14.6. The first-order valence-corrected chi connectivity index (χ1v) is 7.54.